The van der Waals surface area contributed by atoms with Crippen molar-refractivity contribution in [2.75, 3.05) is 31.5 Å². The van der Waals surface area contributed by atoms with E-state index in [0.29, 0.717) is 17.7 Å². The van der Waals surface area contributed by atoms with E-state index in [1.165, 1.54) is 0 Å². The highest BCUT2D eigenvalue weighted by atomic mass is 16.2. The van der Waals surface area contributed by atoms with Crippen LogP contribution >= 0.6 is 0 Å². The molecule has 0 aliphatic carbocycles. The van der Waals surface area contributed by atoms with E-state index in [-0.39, 0.29) is 11.8 Å². The molecule has 7 nitrogen and oxygen atoms in total. The van der Waals surface area contributed by atoms with Gasteiger partial charge in [-0.25, -0.2) is 0 Å². The van der Waals surface area contributed by atoms with E-state index in [2.05, 4.69) is 45.4 Å². The molecule has 0 unspecified atom stereocenters. The van der Waals surface area contributed by atoms with Crippen molar-refractivity contribution in [2.24, 2.45) is 0 Å². The minimum Gasteiger partial charge on any atom is -0.358 e. The van der Waals surface area contributed by atoms with E-state index in [0.717, 1.165) is 69.9 Å². The maximum absolute atomic E-state index is 13.0. The molecule has 3 N–H and O–H groups in total. The number of aromatic amines is 1. The van der Waals surface area contributed by atoms with Crippen molar-refractivity contribution >= 4 is 40.1 Å². The number of anilines is 1. The molecule has 0 saturated heterocycles. The molecule has 194 valence electrons. The van der Waals surface area contributed by atoms with Crippen LogP contribution in [0.5, 0.6) is 0 Å². The van der Waals surface area contributed by atoms with E-state index in [1.54, 1.807) is 0 Å². The van der Waals surface area contributed by atoms with Crippen LogP contribution in [-0.4, -0.2) is 52.9 Å². The highest BCUT2D eigenvalue weighted by Gasteiger charge is 2.26. The first-order valence-corrected chi connectivity index (χ1v) is 13.1. The van der Waals surface area contributed by atoms with Crippen LogP contribution in [0.15, 0.2) is 54.7 Å². The summed E-state index contributed by atoms with van der Waals surface area (Å²) in [6.07, 6.45) is 3.70. The number of carbonyl (C=O) groups is 2. The van der Waals surface area contributed by atoms with E-state index in [4.69, 9.17) is 0 Å². The Kier molecular flexibility index (Phi) is 7.11. The second kappa shape index (κ2) is 10.6. The molecular weight excluding hydrogens is 474 g/mol. The van der Waals surface area contributed by atoms with Gasteiger partial charge >= 0.3 is 0 Å². The molecule has 0 bridgehead atoms. The molecule has 0 fully saturated rings. The summed E-state index contributed by atoms with van der Waals surface area (Å²) in [4.78, 5) is 36.1. The maximum Gasteiger partial charge on any atom is 0.256 e. The van der Waals surface area contributed by atoms with Crippen LogP contribution < -0.4 is 10.6 Å². The highest BCUT2D eigenvalue weighted by Crippen LogP contribution is 2.37. The summed E-state index contributed by atoms with van der Waals surface area (Å²) in [5.41, 5.74) is 8.11. The number of hydrogen-bond acceptors (Lipinski definition) is 4. The number of fused-ring (bicyclic) bond motifs is 2. The molecule has 1 aliphatic heterocycles. The van der Waals surface area contributed by atoms with Gasteiger partial charge in [0.15, 0.2) is 0 Å². The Labute approximate surface area is 223 Å². The number of likely N-dealkylation sites (N-methyl/N-ethyl adjacent to an activating group) is 1. The number of nitrogens with one attached hydrogen (secondary N) is 3. The molecular formula is C31H33N5O2. The molecule has 0 saturated carbocycles. The topological polar surface area (TPSA) is 90.1 Å². The molecule has 0 atom stereocenters. The lowest BCUT2D eigenvalue weighted by molar-refractivity contribution is -0.110. The summed E-state index contributed by atoms with van der Waals surface area (Å²) in [5.74, 6) is -0.261. The molecule has 4 aromatic rings. The summed E-state index contributed by atoms with van der Waals surface area (Å²) in [6.45, 7) is 11.3. The lowest BCUT2D eigenvalue weighted by Crippen LogP contribution is -2.35. The number of hydrogen-bond donors (Lipinski definition) is 3. The average molecular weight is 508 g/mol. The van der Waals surface area contributed by atoms with E-state index in [1.807, 2.05) is 68.6 Å². The van der Waals surface area contributed by atoms with Gasteiger partial charge in [0.25, 0.3) is 11.8 Å². The number of para-hydroxylation sites is 1. The Hall–Kier alpha value is -4.23. The Morgan fingerprint density at radius 1 is 1.05 bits per heavy atom. The third kappa shape index (κ3) is 4.85. The second-order valence-electron chi connectivity index (χ2n) is 9.64. The van der Waals surface area contributed by atoms with Gasteiger partial charge in [0.1, 0.15) is 0 Å². The first-order chi connectivity index (χ1) is 18.4. The fraction of sp³-hybridized carbons (Fsp3) is 0.258. The number of nitrogens with zero attached hydrogens (tertiary/aromatic N) is 2. The van der Waals surface area contributed by atoms with E-state index < -0.39 is 0 Å². The SMILES string of the molecule is CCN(CC)CCNC(=O)c1c(C)[nH]c(/C=C2\C(=O)Nc3cc(-c4cnc5ccccc5c4)ccc32)c1C. The molecule has 2 aromatic carbocycles. The summed E-state index contributed by atoms with van der Waals surface area (Å²) >= 11 is 0. The van der Waals surface area contributed by atoms with Gasteiger partial charge in [-0.15, -0.1) is 0 Å². The van der Waals surface area contributed by atoms with Crippen molar-refractivity contribution in [3.05, 3.63) is 82.8 Å². The monoisotopic (exact) mass is 507 g/mol. The Morgan fingerprint density at radius 2 is 1.84 bits per heavy atom. The number of pyridine rings is 1. The highest BCUT2D eigenvalue weighted by molar-refractivity contribution is 6.35. The molecule has 1 aliphatic rings. The first-order valence-electron chi connectivity index (χ1n) is 13.1. The van der Waals surface area contributed by atoms with Gasteiger partial charge in [0, 0.05) is 52.9 Å². The lowest BCUT2D eigenvalue weighted by atomic mass is 9.99. The molecule has 0 spiro atoms. The van der Waals surface area contributed by atoms with Crippen LogP contribution in [0.4, 0.5) is 5.69 Å². The minimum atomic E-state index is -0.161. The number of aromatic nitrogens is 2. The van der Waals surface area contributed by atoms with Crippen LogP contribution in [-0.2, 0) is 4.79 Å². The quantitative estimate of drug-likeness (QED) is 0.278. The summed E-state index contributed by atoms with van der Waals surface area (Å²) in [5, 5.41) is 7.11. The van der Waals surface area contributed by atoms with Crippen molar-refractivity contribution in [2.45, 2.75) is 27.7 Å². The largest absolute Gasteiger partial charge is 0.358 e. The van der Waals surface area contributed by atoms with Crippen molar-refractivity contribution in [3.63, 3.8) is 0 Å². The number of amides is 2. The van der Waals surface area contributed by atoms with Crippen LogP contribution in [0.3, 0.4) is 0 Å². The van der Waals surface area contributed by atoms with Crippen LogP contribution in [0.1, 0.15) is 46.7 Å². The molecule has 5 rings (SSSR count). The third-order valence-electron chi connectivity index (χ3n) is 7.33. The molecule has 0 radical (unpaired) electrons. The van der Waals surface area contributed by atoms with E-state index >= 15 is 0 Å². The zero-order chi connectivity index (χ0) is 26.8. The molecule has 3 heterocycles. The Bertz CT molecular complexity index is 1560. The van der Waals surface area contributed by atoms with Gasteiger partial charge in [-0.2, -0.15) is 0 Å². The predicted molar refractivity (Wildman–Crippen MR) is 154 cm³/mol. The van der Waals surface area contributed by atoms with Gasteiger partial charge in [-0.05, 0) is 62.3 Å². The van der Waals surface area contributed by atoms with Crippen molar-refractivity contribution in [3.8, 4) is 11.1 Å². The summed E-state index contributed by atoms with van der Waals surface area (Å²) in [6, 6.07) is 16.1. The summed E-state index contributed by atoms with van der Waals surface area (Å²) < 4.78 is 0. The lowest BCUT2D eigenvalue weighted by Gasteiger charge is -2.18. The molecule has 7 heteroatoms. The number of H-pyrrole nitrogens is 1. The van der Waals surface area contributed by atoms with Crippen molar-refractivity contribution in [1.82, 2.24) is 20.2 Å². The molecule has 2 aromatic heterocycles. The van der Waals surface area contributed by atoms with Crippen molar-refractivity contribution < 1.29 is 9.59 Å². The zero-order valence-electron chi connectivity index (χ0n) is 22.3. The summed E-state index contributed by atoms with van der Waals surface area (Å²) in [7, 11) is 0. The normalized spacial score (nSPS) is 13.8. The average Bonchev–Trinajstić information content (AvgIpc) is 3.39. The van der Waals surface area contributed by atoms with Crippen LogP contribution in [0.25, 0.3) is 33.7 Å². The smallest absolute Gasteiger partial charge is 0.256 e. The maximum atomic E-state index is 13.0. The van der Waals surface area contributed by atoms with Gasteiger partial charge in [-0.3, -0.25) is 14.6 Å². The van der Waals surface area contributed by atoms with Gasteiger partial charge in [0.2, 0.25) is 0 Å². The van der Waals surface area contributed by atoms with E-state index in [9.17, 15) is 9.59 Å². The predicted octanol–water partition coefficient (Wildman–Crippen LogP) is 5.41. The fourth-order valence-corrected chi connectivity index (χ4v) is 5.11. The van der Waals surface area contributed by atoms with Gasteiger partial charge in [0.05, 0.1) is 16.7 Å². The van der Waals surface area contributed by atoms with Crippen LogP contribution in [0.2, 0.25) is 0 Å². The number of aryl methyl sites for hydroxylation is 1. The number of carbonyl (C=O) groups excluding carboxylic acids is 2. The van der Waals surface area contributed by atoms with Gasteiger partial charge in [-0.1, -0.05) is 44.2 Å². The second-order valence-corrected chi connectivity index (χ2v) is 9.64. The zero-order valence-corrected chi connectivity index (χ0v) is 22.3. The van der Waals surface area contributed by atoms with Gasteiger partial charge < -0.3 is 20.5 Å². The van der Waals surface area contributed by atoms with Crippen LogP contribution in [0, 0.1) is 13.8 Å². The third-order valence-corrected chi connectivity index (χ3v) is 7.33. The molecule has 2 amide bonds. The van der Waals surface area contributed by atoms with Crippen molar-refractivity contribution in [1.29, 1.82) is 0 Å². The minimum absolute atomic E-state index is 0.0991. The first kappa shape index (κ1) is 25.4. The number of benzene rings is 2. The fourth-order valence-electron chi connectivity index (χ4n) is 5.11. The standard InChI is InChI=1S/C31H33N5O2/c1-5-36(6-2)14-13-32-31(38)29-19(3)27(34-20(29)4)17-25-24-12-11-21(16-28(24)35-30(25)37)23-15-22-9-7-8-10-26(22)33-18-23/h7-12,15-18,34H,5-6,13-14H2,1-4H3,(H,32,38)(H,35,37)/b25-17-. The number of rotatable bonds is 8. The Balaban J connectivity index is 1.39. The molecule has 38 heavy (non-hydrogen) atoms. The Morgan fingerprint density at radius 3 is 2.63 bits per heavy atom.